The summed E-state index contributed by atoms with van der Waals surface area (Å²) in [6.07, 6.45) is 5.35. The minimum atomic E-state index is -0.246. The van der Waals surface area contributed by atoms with E-state index in [1.54, 1.807) is 49.7 Å². The Bertz CT molecular complexity index is 1830. The van der Waals surface area contributed by atoms with Crippen molar-refractivity contribution >= 4 is 40.7 Å². The zero-order valence-electron chi connectivity index (χ0n) is 28.5. The molecule has 9 heteroatoms. The first-order valence-electron chi connectivity index (χ1n) is 16.5. The van der Waals surface area contributed by atoms with Crippen LogP contribution in [0.1, 0.15) is 51.1 Å². The monoisotopic (exact) mass is 678 g/mol. The van der Waals surface area contributed by atoms with E-state index < -0.39 is 0 Å². The third kappa shape index (κ3) is 9.16. The van der Waals surface area contributed by atoms with Gasteiger partial charge in [-0.15, -0.1) is 0 Å². The number of unbranched alkanes of at least 4 members (excludes halogenated alkanes) is 1. The molecule has 0 spiro atoms. The Morgan fingerprint density at radius 1 is 0.918 bits per heavy atom. The van der Waals surface area contributed by atoms with E-state index in [1.165, 1.54) is 4.90 Å². The Hall–Kier alpha value is -4.92. The van der Waals surface area contributed by atoms with E-state index in [1.807, 2.05) is 73.4 Å². The van der Waals surface area contributed by atoms with Crippen molar-refractivity contribution in [2.45, 2.75) is 33.1 Å². The van der Waals surface area contributed by atoms with Crippen LogP contribution in [-0.2, 0) is 4.79 Å². The topological polar surface area (TPSA) is 82.2 Å². The van der Waals surface area contributed by atoms with E-state index in [-0.39, 0.29) is 17.7 Å². The summed E-state index contributed by atoms with van der Waals surface area (Å²) >= 11 is 6.29. The van der Waals surface area contributed by atoms with Crippen LogP contribution in [0.15, 0.2) is 97.3 Å². The molecule has 1 saturated heterocycles. The number of allylic oxidation sites excluding steroid dienone is 1. The number of anilines is 2. The lowest BCUT2D eigenvalue weighted by Gasteiger charge is -2.32. The number of piperazine rings is 1. The maximum Gasteiger partial charge on any atom is 0.258 e. The van der Waals surface area contributed by atoms with Crippen LogP contribution in [0.4, 0.5) is 11.4 Å². The number of rotatable bonds is 11. The Morgan fingerprint density at radius 3 is 2.39 bits per heavy atom. The van der Waals surface area contributed by atoms with Crippen LogP contribution in [0.5, 0.6) is 5.75 Å². The fraction of sp³-hybridized carbons (Fsp3) is 0.275. The van der Waals surface area contributed by atoms with Gasteiger partial charge in [-0.2, -0.15) is 0 Å². The third-order valence-electron chi connectivity index (χ3n) is 8.75. The first-order chi connectivity index (χ1) is 23.6. The molecule has 0 aliphatic carbocycles. The zero-order valence-corrected chi connectivity index (χ0v) is 29.3. The van der Waals surface area contributed by atoms with Gasteiger partial charge >= 0.3 is 0 Å². The number of carbonyl (C=O) groups excluding carboxylic acids is 3. The minimum Gasteiger partial charge on any atom is -0.463 e. The second-order valence-corrected chi connectivity index (χ2v) is 12.9. The van der Waals surface area contributed by atoms with Crippen molar-refractivity contribution in [2.75, 3.05) is 50.5 Å². The Kier molecular flexibility index (Phi) is 11.9. The van der Waals surface area contributed by atoms with Gasteiger partial charge in [0.05, 0.1) is 11.9 Å². The van der Waals surface area contributed by atoms with Gasteiger partial charge < -0.3 is 24.8 Å². The van der Waals surface area contributed by atoms with Gasteiger partial charge in [-0.3, -0.25) is 14.4 Å². The average Bonchev–Trinajstić information content (AvgIpc) is 3.10. The lowest BCUT2D eigenvalue weighted by Crippen LogP contribution is -2.47. The zero-order chi connectivity index (χ0) is 34.9. The summed E-state index contributed by atoms with van der Waals surface area (Å²) in [6, 6.07) is 25.9. The van der Waals surface area contributed by atoms with Crippen LogP contribution in [0, 0.1) is 13.8 Å². The summed E-state index contributed by atoms with van der Waals surface area (Å²) in [6.45, 7) is 7.27. The maximum atomic E-state index is 13.6. The molecular weight excluding hydrogens is 636 g/mol. The molecule has 0 radical (unpaired) electrons. The molecule has 8 nitrogen and oxygen atoms in total. The molecule has 0 atom stereocenters. The first kappa shape index (κ1) is 35.4. The summed E-state index contributed by atoms with van der Waals surface area (Å²) in [5, 5.41) is 3.50. The van der Waals surface area contributed by atoms with Crippen LogP contribution in [-0.4, -0.2) is 67.8 Å². The lowest BCUT2D eigenvalue weighted by atomic mass is 9.98. The molecule has 1 aliphatic heterocycles. The largest absolute Gasteiger partial charge is 0.463 e. The summed E-state index contributed by atoms with van der Waals surface area (Å²) in [7, 11) is 3.75. The molecule has 254 valence electrons. The number of aryl methyl sites for hydroxylation is 2. The molecular formula is C40H43ClN4O4. The van der Waals surface area contributed by atoms with E-state index >= 15 is 0 Å². The molecule has 49 heavy (non-hydrogen) atoms. The van der Waals surface area contributed by atoms with Gasteiger partial charge in [-0.1, -0.05) is 59.6 Å². The molecule has 1 N–H and O–H groups in total. The standard InChI is InChI=1S/C40H43ClN4O4/c1-28-13-15-30(16-14-28)33-10-7-8-11-34(33)39(47)42-35-19-17-31(26-29(35)2)40(48)44(4)36-20-18-32(41)27-37(36)49-25-9-5-6-12-38(46)45-23-21-43(3)22-24-45/h7-11,13-20,25-27H,5-6,12,21-24H2,1-4H3,(H,42,47)/b25-9+. The molecule has 1 fully saturated rings. The molecule has 5 rings (SSSR count). The van der Waals surface area contributed by atoms with Crippen molar-refractivity contribution in [1.29, 1.82) is 0 Å². The fourth-order valence-electron chi connectivity index (χ4n) is 5.73. The number of ether oxygens (including phenoxy) is 1. The number of carbonyl (C=O) groups is 3. The first-order valence-corrected chi connectivity index (χ1v) is 16.9. The Labute approximate surface area is 293 Å². The van der Waals surface area contributed by atoms with Crippen molar-refractivity contribution < 1.29 is 19.1 Å². The number of hydrogen-bond donors (Lipinski definition) is 1. The summed E-state index contributed by atoms with van der Waals surface area (Å²) in [5.74, 6) is 0.145. The predicted octanol–water partition coefficient (Wildman–Crippen LogP) is 7.99. The number of halogens is 1. The van der Waals surface area contributed by atoms with Gasteiger partial charge in [-0.25, -0.2) is 0 Å². The Balaban J connectivity index is 1.20. The lowest BCUT2D eigenvalue weighted by molar-refractivity contribution is -0.132. The number of hydrogen-bond acceptors (Lipinski definition) is 5. The van der Waals surface area contributed by atoms with Crippen molar-refractivity contribution in [3.8, 4) is 16.9 Å². The number of nitrogens with zero attached hydrogens (tertiary/aromatic N) is 3. The average molecular weight is 679 g/mol. The number of nitrogens with one attached hydrogen (secondary N) is 1. The smallest absolute Gasteiger partial charge is 0.258 e. The highest BCUT2D eigenvalue weighted by atomic mass is 35.5. The summed E-state index contributed by atoms with van der Waals surface area (Å²) < 4.78 is 5.93. The second-order valence-electron chi connectivity index (χ2n) is 12.4. The Morgan fingerprint density at radius 2 is 1.65 bits per heavy atom. The quantitative estimate of drug-likeness (QED) is 0.128. The summed E-state index contributed by atoms with van der Waals surface area (Å²) in [4.78, 5) is 45.2. The van der Waals surface area contributed by atoms with E-state index in [9.17, 15) is 14.4 Å². The van der Waals surface area contributed by atoms with Crippen LogP contribution in [0.2, 0.25) is 5.02 Å². The molecule has 4 aromatic carbocycles. The van der Waals surface area contributed by atoms with Crippen LogP contribution >= 0.6 is 11.6 Å². The van der Waals surface area contributed by atoms with Crippen molar-refractivity contribution in [3.05, 3.63) is 125 Å². The van der Waals surface area contributed by atoms with Gasteiger partial charge in [-0.05, 0) is 92.9 Å². The van der Waals surface area contributed by atoms with Crippen molar-refractivity contribution in [3.63, 3.8) is 0 Å². The highest BCUT2D eigenvalue weighted by molar-refractivity contribution is 6.30. The molecule has 0 saturated carbocycles. The molecule has 0 unspecified atom stereocenters. The minimum absolute atomic E-state index is 0.189. The van der Waals surface area contributed by atoms with Crippen LogP contribution in [0.25, 0.3) is 11.1 Å². The van der Waals surface area contributed by atoms with Gasteiger partial charge in [0, 0.05) is 67.6 Å². The molecule has 3 amide bonds. The molecule has 1 aliphatic rings. The van der Waals surface area contributed by atoms with E-state index in [4.69, 9.17) is 16.3 Å². The second kappa shape index (κ2) is 16.5. The number of amides is 3. The molecule has 4 aromatic rings. The van der Waals surface area contributed by atoms with Gasteiger partial charge in [0.25, 0.3) is 11.8 Å². The maximum absolute atomic E-state index is 13.6. The van der Waals surface area contributed by atoms with Crippen LogP contribution < -0.4 is 15.0 Å². The normalized spacial score (nSPS) is 13.4. The van der Waals surface area contributed by atoms with Gasteiger partial charge in [0.1, 0.15) is 0 Å². The molecule has 0 bridgehead atoms. The van der Waals surface area contributed by atoms with Gasteiger partial charge in [0.15, 0.2) is 5.75 Å². The van der Waals surface area contributed by atoms with E-state index in [0.717, 1.165) is 54.9 Å². The van der Waals surface area contributed by atoms with Crippen LogP contribution in [0.3, 0.4) is 0 Å². The predicted molar refractivity (Wildman–Crippen MR) is 198 cm³/mol. The molecule has 0 aromatic heterocycles. The SMILES string of the molecule is Cc1ccc(-c2ccccc2C(=O)Nc2ccc(C(=O)N(C)c3ccc(Cl)cc3O/C=C/CCCC(=O)N3CCN(C)CC3)cc2C)cc1. The summed E-state index contributed by atoms with van der Waals surface area (Å²) in [5.41, 5.74) is 5.90. The van der Waals surface area contributed by atoms with Gasteiger partial charge in [0.2, 0.25) is 5.91 Å². The number of likely N-dealkylation sites (N-methyl/N-ethyl adjacent to an activating group) is 1. The van der Waals surface area contributed by atoms with Crippen molar-refractivity contribution in [1.82, 2.24) is 9.80 Å². The van der Waals surface area contributed by atoms with Crippen molar-refractivity contribution in [2.24, 2.45) is 0 Å². The third-order valence-corrected chi connectivity index (χ3v) is 8.99. The molecule has 1 heterocycles. The highest BCUT2D eigenvalue weighted by Crippen LogP contribution is 2.33. The number of benzene rings is 4. The van der Waals surface area contributed by atoms with E-state index in [0.29, 0.717) is 46.1 Å². The highest BCUT2D eigenvalue weighted by Gasteiger charge is 2.20. The fourth-order valence-corrected chi connectivity index (χ4v) is 5.89. The van der Waals surface area contributed by atoms with E-state index in [2.05, 4.69) is 17.3 Å².